The number of halogens is 1. The smallest absolute Gasteiger partial charge is 0.309 e. The van der Waals surface area contributed by atoms with Crippen molar-refractivity contribution in [1.82, 2.24) is 18.7 Å². The van der Waals surface area contributed by atoms with E-state index in [2.05, 4.69) is 4.98 Å². The molecule has 0 spiro atoms. The number of nitrogens with zero attached hydrogens (tertiary/aromatic N) is 4. The number of thioether (sulfide) groups is 1. The van der Waals surface area contributed by atoms with Gasteiger partial charge in [0.25, 0.3) is 5.56 Å². The van der Waals surface area contributed by atoms with Gasteiger partial charge in [0.15, 0.2) is 22.1 Å². The van der Waals surface area contributed by atoms with Gasteiger partial charge in [0, 0.05) is 14.1 Å². The lowest BCUT2D eigenvalue weighted by molar-refractivity contribution is 0.101. The predicted octanol–water partition coefficient (Wildman–Crippen LogP) is 2.90. The summed E-state index contributed by atoms with van der Waals surface area (Å²) in [6.45, 7) is 2.32. The maximum atomic E-state index is 14.0. The second kappa shape index (κ2) is 8.58. The highest BCUT2D eigenvalue weighted by Crippen LogP contribution is 2.24. The molecule has 0 bridgehead atoms. The third kappa shape index (κ3) is 3.91. The van der Waals surface area contributed by atoms with Crippen molar-refractivity contribution in [3.8, 4) is 0 Å². The Morgan fingerprint density at radius 1 is 1.03 bits per heavy atom. The second-order valence-electron chi connectivity index (χ2n) is 7.54. The zero-order valence-corrected chi connectivity index (χ0v) is 18.6. The first-order chi connectivity index (χ1) is 15.3. The molecule has 4 aromatic rings. The molecule has 0 radical (unpaired) electrons. The average Bonchev–Trinajstić information content (AvgIpc) is 3.14. The van der Waals surface area contributed by atoms with Crippen molar-refractivity contribution >= 4 is 28.7 Å². The zero-order valence-electron chi connectivity index (χ0n) is 17.8. The summed E-state index contributed by atoms with van der Waals surface area (Å²) in [5.74, 6) is -1.03. The highest BCUT2D eigenvalue weighted by molar-refractivity contribution is 7.99. The maximum Gasteiger partial charge on any atom is 0.332 e. The minimum atomic E-state index is -0.581. The van der Waals surface area contributed by atoms with Crippen LogP contribution in [0.25, 0.3) is 11.2 Å². The number of aromatic nitrogens is 4. The minimum Gasteiger partial charge on any atom is -0.309 e. The highest BCUT2D eigenvalue weighted by atomic mass is 32.2. The van der Waals surface area contributed by atoms with Gasteiger partial charge in [-0.25, -0.2) is 14.2 Å². The fourth-order valence-electron chi connectivity index (χ4n) is 3.45. The summed E-state index contributed by atoms with van der Waals surface area (Å²) >= 11 is 1.11. The lowest BCUT2D eigenvalue weighted by atomic mass is 10.1. The summed E-state index contributed by atoms with van der Waals surface area (Å²) in [7, 11) is 2.97. The molecule has 0 N–H and O–H groups in total. The second-order valence-corrected chi connectivity index (χ2v) is 8.48. The zero-order chi connectivity index (χ0) is 23.0. The van der Waals surface area contributed by atoms with Crippen molar-refractivity contribution in [3.05, 3.63) is 91.9 Å². The van der Waals surface area contributed by atoms with Crippen LogP contribution in [-0.4, -0.2) is 30.2 Å². The number of hydrogen-bond acceptors (Lipinski definition) is 5. The van der Waals surface area contributed by atoms with E-state index < -0.39 is 17.1 Å². The van der Waals surface area contributed by atoms with Gasteiger partial charge in [0.05, 0.1) is 17.9 Å². The molecule has 0 aliphatic heterocycles. The number of aryl methyl sites for hydroxylation is 2. The van der Waals surface area contributed by atoms with Crippen LogP contribution >= 0.6 is 11.8 Å². The van der Waals surface area contributed by atoms with E-state index in [1.54, 1.807) is 17.7 Å². The average molecular weight is 453 g/mol. The maximum absolute atomic E-state index is 14.0. The summed E-state index contributed by atoms with van der Waals surface area (Å²) in [6, 6.07) is 13.6. The van der Waals surface area contributed by atoms with Crippen LogP contribution in [0.5, 0.6) is 0 Å². The molecule has 32 heavy (non-hydrogen) atoms. The van der Waals surface area contributed by atoms with Crippen molar-refractivity contribution < 1.29 is 9.18 Å². The van der Waals surface area contributed by atoms with Crippen molar-refractivity contribution in [2.45, 2.75) is 18.6 Å². The first-order valence-electron chi connectivity index (χ1n) is 9.90. The van der Waals surface area contributed by atoms with E-state index in [0.717, 1.165) is 27.5 Å². The van der Waals surface area contributed by atoms with Crippen LogP contribution in [-0.2, 0) is 20.6 Å². The lowest BCUT2D eigenvalue weighted by Gasteiger charge is -2.10. The molecule has 0 saturated heterocycles. The van der Waals surface area contributed by atoms with E-state index in [1.807, 2.05) is 31.2 Å². The van der Waals surface area contributed by atoms with E-state index in [1.165, 1.54) is 29.8 Å². The minimum absolute atomic E-state index is 0.00418. The van der Waals surface area contributed by atoms with E-state index in [9.17, 15) is 18.8 Å². The SMILES string of the molecule is Cc1ccc(Cn2c(SCC(=O)c3ccccc3F)nc3c2c(=O)n(C)c(=O)n3C)cc1. The Morgan fingerprint density at radius 3 is 2.41 bits per heavy atom. The molecule has 2 aromatic carbocycles. The molecular formula is C23H21FN4O3S. The van der Waals surface area contributed by atoms with Gasteiger partial charge >= 0.3 is 5.69 Å². The first kappa shape index (κ1) is 21.8. The van der Waals surface area contributed by atoms with E-state index >= 15 is 0 Å². The standard InChI is InChI=1S/C23H21FN4O3S/c1-14-8-10-15(11-9-14)12-28-19-20(26(2)23(31)27(3)21(19)30)25-22(28)32-13-18(29)16-6-4-5-7-17(16)24/h4-11H,12-13H2,1-3H3. The van der Waals surface area contributed by atoms with Gasteiger partial charge in [-0.2, -0.15) is 0 Å². The monoisotopic (exact) mass is 452 g/mol. The normalized spacial score (nSPS) is 11.2. The summed E-state index contributed by atoms with van der Waals surface area (Å²) in [5.41, 5.74) is 1.61. The largest absolute Gasteiger partial charge is 0.332 e. The van der Waals surface area contributed by atoms with Gasteiger partial charge in [-0.3, -0.25) is 18.7 Å². The van der Waals surface area contributed by atoms with Gasteiger partial charge in [0.2, 0.25) is 0 Å². The summed E-state index contributed by atoms with van der Waals surface area (Å²) in [6.07, 6.45) is 0. The van der Waals surface area contributed by atoms with Crippen molar-refractivity contribution in [1.29, 1.82) is 0 Å². The van der Waals surface area contributed by atoms with Crippen LogP contribution in [0.3, 0.4) is 0 Å². The van der Waals surface area contributed by atoms with Gasteiger partial charge in [-0.1, -0.05) is 53.7 Å². The van der Waals surface area contributed by atoms with Crippen molar-refractivity contribution in [2.75, 3.05) is 5.75 Å². The van der Waals surface area contributed by atoms with Crippen LogP contribution in [0, 0.1) is 12.7 Å². The molecule has 0 aliphatic rings. The number of carbonyl (C=O) groups excluding carboxylic acids is 1. The molecule has 0 atom stereocenters. The molecule has 2 heterocycles. The molecule has 7 nitrogen and oxygen atoms in total. The molecule has 0 unspecified atom stereocenters. The molecule has 0 fully saturated rings. The first-order valence-corrected chi connectivity index (χ1v) is 10.9. The van der Waals surface area contributed by atoms with E-state index in [4.69, 9.17) is 0 Å². The number of imidazole rings is 1. The molecule has 0 aliphatic carbocycles. The molecule has 0 saturated carbocycles. The van der Waals surface area contributed by atoms with E-state index in [0.29, 0.717) is 11.7 Å². The van der Waals surface area contributed by atoms with Crippen LogP contribution in [0.15, 0.2) is 63.3 Å². The Labute approximate surface area is 187 Å². The Bertz CT molecular complexity index is 1450. The Morgan fingerprint density at radius 2 is 1.72 bits per heavy atom. The predicted molar refractivity (Wildman–Crippen MR) is 122 cm³/mol. The number of fused-ring (bicyclic) bond motifs is 1. The van der Waals surface area contributed by atoms with Gasteiger partial charge in [-0.05, 0) is 24.6 Å². The molecular weight excluding hydrogens is 431 g/mol. The number of Topliss-reactive ketones (excluding diaryl/α,β-unsaturated/α-hetero) is 1. The lowest BCUT2D eigenvalue weighted by Crippen LogP contribution is -2.37. The molecule has 4 rings (SSSR count). The number of carbonyl (C=O) groups is 1. The van der Waals surface area contributed by atoms with Crippen molar-refractivity contribution in [2.24, 2.45) is 14.1 Å². The topological polar surface area (TPSA) is 78.9 Å². The van der Waals surface area contributed by atoms with Gasteiger partial charge in [-0.15, -0.1) is 0 Å². The van der Waals surface area contributed by atoms with Crippen LogP contribution in [0.2, 0.25) is 0 Å². The Hall–Kier alpha value is -3.46. The Kier molecular flexibility index (Phi) is 5.84. The number of rotatable bonds is 6. The quantitative estimate of drug-likeness (QED) is 0.332. The van der Waals surface area contributed by atoms with Crippen LogP contribution in [0.4, 0.5) is 4.39 Å². The van der Waals surface area contributed by atoms with Crippen LogP contribution in [0.1, 0.15) is 21.5 Å². The van der Waals surface area contributed by atoms with Crippen molar-refractivity contribution in [3.63, 3.8) is 0 Å². The fraction of sp³-hybridized carbons (Fsp3) is 0.217. The van der Waals surface area contributed by atoms with Gasteiger partial charge in [0.1, 0.15) is 5.82 Å². The summed E-state index contributed by atoms with van der Waals surface area (Å²) < 4.78 is 18.1. The Balaban J connectivity index is 1.79. The summed E-state index contributed by atoms with van der Waals surface area (Å²) in [5, 5.41) is 0.406. The molecule has 164 valence electrons. The molecule has 2 aromatic heterocycles. The van der Waals surface area contributed by atoms with Gasteiger partial charge < -0.3 is 4.57 Å². The molecule has 0 amide bonds. The number of ketones is 1. The van der Waals surface area contributed by atoms with E-state index in [-0.39, 0.29) is 28.3 Å². The summed E-state index contributed by atoms with van der Waals surface area (Å²) in [4.78, 5) is 42.4. The highest BCUT2D eigenvalue weighted by Gasteiger charge is 2.21. The van der Waals surface area contributed by atoms with Crippen LogP contribution < -0.4 is 11.2 Å². The molecule has 9 heteroatoms. The third-order valence-corrected chi connectivity index (χ3v) is 6.26. The fourth-order valence-corrected chi connectivity index (χ4v) is 4.33. The number of hydrogen-bond donors (Lipinski definition) is 0. The number of benzene rings is 2. The third-order valence-electron chi connectivity index (χ3n) is 5.28.